The first-order chi connectivity index (χ1) is 4.54. The summed E-state index contributed by atoms with van der Waals surface area (Å²) < 4.78 is 8.88. The number of carbonyl (C=O) groups excluding carboxylic acids is 1. The molecule has 0 saturated heterocycles. The zero-order valence-electron chi connectivity index (χ0n) is 6.38. The first-order valence-electron chi connectivity index (χ1n) is 2.84. The minimum atomic E-state index is -1.52. The standard InChI is InChI=1S/C6H12O4/c1-6(8,4-9-2)5(7)10-3/h8H,4H2,1-3H3/t6-/m1/s1. The summed E-state index contributed by atoms with van der Waals surface area (Å²) >= 11 is 0. The van der Waals surface area contributed by atoms with Crippen molar-refractivity contribution in [3.63, 3.8) is 0 Å². The Morgan fingerprint density at radius 2 is 2.10 bits per heavy atom. The number of ether oxygens (including phenoxy) is 2. The van der Waals surface area contributed by atoms with E-state index in [0.717, 1.165) is 0 Å². The molecule has 4 heteroatoms. The van der Waals surface area contributed by atoms with Crippen LogP contribution in [-0.4, -0.2) is 37.5 Å². The number of rotatable bonds is 3. The van der Waals surface area contributed by atoms with Crippen LogP contribution in [0.1, 0.15) is 6.92 Å². The highest BCUT2D eigenvalue weighted by Gasteiger charge is 2.30. The third-order valence-corrected chi connectivity index (χ3v) is 1.05. The van der Waals surface area contributed by atoms with Crippen LogP contribution in [0.2, 0.25) is 0 Å². The molecule has 0 radical (unpaired) electrons. The predicted octanol–water partition coefficient (Wildman–Crippen LogP) is -0.443. The van der Waals surface area contributed by atoms with E-state index in [1.807, 2.05) is 0 Å². The van der Waals surface area contributed by atoms with Crippen LogP contribution in [0, 0.1) is 0 Å². The second-order valence-corrected chi connectivity index (χ2v) is 2.20. The van der Waals surface area contributed by atoms with Crippen molar-refractivity contribution in [2.24, 2.45) is 0 Å². The molecular weight excluding hydrogens is 136 g/mol. The van der Waals surface area contributed by atoms with Crippen LogP contribution < -0.4 is 0 Å². The van der Waals surface area contributed by atoms with Gasteiger partial charge in [-0.15, -0.1) is 0 Å². The van der Waals surface area contributed by atoms with Gasteiger partial charge >= 0.3 is 5.97 Å². The Bertz CT molecular complexity index is 119. The van der Waals surface area contributed by atoms with Crippen molar-refractivity contribution >= 4 is 5.97 Å². The molecule has 0 heterocycles. The third-order valence-electron chi connectivity index (χ3n) is 1.05. The van der Waals surface area contributed by atoms with Crippen LogP contribution in [0.25, 0.3) is 0 Å². The summed E-state index contributed by atoms with van der Waals surface area (Å²) in [6, 6.07) is 0. The number of carbonyl (C=O) groups is 1. The highest BCUT2D eigenvalue weighted by molar-refractivity contribution is 5.78. The molecule has 0 aromatic rings. The summed E-state index contributed by atoms with van der Waals surface area (Å²) in [5.41, 5.74) is -1.52. The Kier molecular flexibility index (Phi) is 3.32. The maximum Gasteiger partial charge on any atom is 0.339 e. The molecule has 0 aromatic heterocycles. The number of aliphatic hydroxyl groups is 1. The molecule has 0 amide bonds. The molecule has 10 heavy (non-hydrogen) atoms. The maximum absolute atomic E-state index is 10.7. The third kappa shape index (κ3) is 2.33. The molecule has 4 nitrogen and oxygen atoms in total. The van der Waals surface area contributed by atoms with Crippen molar-refractivity contribution in [1.29, 1.82) is 0 Å². The largest absolute Gasteiger partial charge is 0.467 e. The number of hydrogen-bond donors (Lipinski definition) is 1. The fourth-order valence-corrected chi connectivity index (χ4v) is 0.560. The van der Waals surface area contributed by atoms with E-state index in [2.05, 4.69) is 9.47 Å². The predicted molar refractivity (Wildman–Crippen MR) is 34.5 cm³/mol. The Hall–Kier alpha value is -0.610. The molecule has 0 saturated carbocycles. The highest BCUT2D eigenvalue weighted by atomic mass is 16.5. The zero-order chi connectivity index (χ0) is 8.20. The lowest BCUT2D eigenvalue weighted by Crippen LogP contribution is -2.40. The molecule has 60 valence electrons. The van der Waals surface area contributed by atoms with Crippen LogP contribution in [0.5, 0.6) is 0 Å². The van der Waals surface area contributed by atoms with Gasteiger partial charge in [0.15, 0.2) is 5.60 Å². The lowest BCUT2D eigenvalue weighted by Gasteiger charge is -2.18. The lowest BCUT2D eigenvalue weighted by molar-refractivity contribution is -0.165. The summed E-state index contributed by atoms with van der Waals surface area (Å²) in [6.07, 6.45) is 0. The topological polar surface area (TPSA) is 55.8 Å². The van der Waals surface area contributed by atoms with Gasteiger partial charge in [-0.3, -0.25) is 0 Å². The molecule has 0 unspecified atom stereocenters. The average Bonchev–Trinajstić information content (AvgIpc) is 1.86. The number of hydrogen-bond acceptors (Lipinski definition) is 4. The molecule has 1 atom stereocenters. The molecule has 0 aliphatic heterocycles. The summed E-state index contributed by atoms with van der Waals surface area (Å²) in [4.78, 5) is 10.7. The Morgan fingerprint density at radius 1 is 1.60 bits per heavy atom. The van der Waals surface area contributed by atoms with E-state index in [9.17, 15) is 9.90 Å². The Labute approximate surface area is 59.7 Å². The van der Waals surface area contributed by atoms with Gasteiger partial charge in [0.25, 0.3) is 0 Å². The van der Waals surface area contributed by atoms with Gasteiger partial charge in [-0.25, -0.2) is 4.79 Å². The molecule has 0 fully saturated rings. The molecule has 0 bridgehead atoms. The zero-order valence-corrected chi connectivity index (χ0v) is 6.38. The van der Waals surface area contributed by atoms with Crippen molar-refractivity contribution in [2.75, 3.05) is 20.8 Å². The van der Waals surface area contributed by atoms with Gasteiger partial charge < -0.3 is 14.6 Å². The second-order valence-electron chi connectivity index (χ2n) is 2.20. The van der Waals surface area contributed by atoms with Gasteiger partial charge in [-0.2, -0.15) is 0 Å². The number of methoxy groups -OCH3 is 2. The van der Waals surface area contributed by atoms with Gasteiger partial charge in [0.1, 0.15) is 0 Å². The van der Waals surface area contributed by atoms with Crippen molar-refractivity contribution in [3.8, 4) is 0 Å². The first-order valence-corrected chi connectivity index (χ1v) is 2.84. The summed E-state index contributed by atoms with van der Waals surface area (Å²) in [6.45, 7) is 1.28. The van der Waals surface area contributed by atoms with Gasteiger partial charge in [0, 0.05) is 7.11 Å². The maximum atomic E-state index is 10.7. The summed E-state index contributed by atoms with van der Waals surface area (Å²) in [7, 11) is 2.61. The lowest BCUT2D eigenvalue weighted by atomic mass is 10.1. The van der Waals surface area contributed by atoms with E-state index < -0.39 is 11.6 Å². The van der Waals surface area contributed by atoms with Crippen LogP contribution in [0.4, 0.5) is 0 Å². The van der Waals surface area contributed by atoms with Crippen molar-refractivity contribution in [1.82, 2.24) is 0 Å². The SMILES string of the molecule is COC[C@@](C)(O)C(=O)OC. The van der Waals surface area contributed by atoms with Crippen molar-refractivity contribution in [2.45, 2.75) is 12.5 Å². The smallest absolute Gasteiger partial charge is 0.339 e. The molecule has 0 aromatic carbocycles. The van der Waals surface area contributed by atoms with Gasteiger partial charge in [-0.1, -0.05) is 0 Å². The van der Waals surface area contributed by atoms with E-state index in [4.69, 9.17) is 0 Å². The van der Waals surface area contributed by atoms with Gasteiger partial charge in [0.05, 0.1) is 13.7 Å². The van der Waals surface area contributed by atoms with Gasteiger partial charge in [0.2, 0.25) is 0 Å². The normalized spacial score (nSPS) is 16.0. The van der Waals surface area contributed by atoms with Gasteiger partial charge in [-0.05, 0) is 6.92 Å². The molecule has 0 aliphatic carbocycles. The summed E-state index contributed by atoms with van der Waals surface area (Å²) in [5, 5.41) is 9.18. The van der Waals surface area contributed by atoms with E-state index in [0.29, 0.717) is 0 Å². The van der Waals surface area contributed by atoms with E-state index >= 15 is 0 Å². The Balaban J connectivity index is 3.96. The molecule has 0 rings (SSSR count). The van der Waals surface area contributed by atoms with Crippen molar-refractivity contribution in [3.05, 3.63) is 0 Å². The Morgan fingerprint density at radius 3 is 2.40 bits per heavy atom. The van der Waals surface area contributed by atoms with Crippen LogP contribution in [-0.2, 0) is 14.3 Å². The minimum absolute atomic E-state index is 0.0559. The molecule has 1 N–H and O–H groups in total. The van der Waals surface area contributed by atoms with Crippen LogP contribution >= 0.6 is 0 Å². The monoisotopic (exact) mass is 148 g/mol. The highest BCUT2D eigenvalue weighted by Crippen LogP contribution is 2.04. The molecule has 0 aliphatic rings. The summed E-state index contributed by atoms with van der Waals surface area (Å²) in [5.74, 6) is -0.686. The number of esters is 1. The van der Waals surface area contributed by atoms with Crippen LogP contribution in [0.3, 0.4) is 0 Å². The minimum Gasteiger partial charge on any atom is -0.467 e. The fraction of sp³-hybridized carbons (Fsp3) is 0.833. The quantitative estimate of drug-likeness (QED) is 0.551. The van der Waals surface area contributed by atoms with E-state index in [1.165, 1.54) is 21.1 Å². The average molecular weight is 148 g/mol. The first kappa shape index (κ1) is 9.39. The van der Waals surface area contributed by atoms with E-state index in [1.54, 1.807) is 0 Å². The van der Waals surface area contributed by atoms with Crippen molar-refractivity contribution < 1.29 is 19.4 Å². The van der Waals surface area contributed by atoms with Crippen LogP contribution in [0.15, 0.2) is 0 Å². The fourth-order valence-electron chi connectivity index (χ4n) is 0.560. The molecule has 0 spiro atoms. The van der Waals surface area contributed by atoms with E-state index in [-0.39, 0.29) is 6.61 Å². The molecular formula is C6H12O4. The second kappa shape index (κ2) is 3.53.